The molecular formula is C18H18F4N2O4. The van der Waals surface area contributed by atoms with Gasteiger partial charge in [0, 0.05) is 6.54 Å². The van der Waals surface area contributed by atoms with Gasteiger partial charge in [0.05, 0.1) is 32.6 Å². The molecule has 0 unspecified atom stereocenters. The molecule has 0 heterocycles. The fourth-order valence-electron chi connectivity index (χ4n) is 2.38. The molecule has 2 aromatic rings. The minimum absolute atomic E-state index is 0.0247. The number of carbonyl (C=O) groups is 1. The van der Waals surface area contributed by atoms with Crippen molar-refractivity contribution in [2.45, 2.75) is 12.7 Å². The molecule has 0 saturated carbocycles. The SMILES string of the molecule is COc1cc(CNC(=O)Nc2cc(C(F)(F)F)ccc2F)cc(OC)c1OC. The molecule has 0 spiro atoms. The van der Waals surface area contributed by atoms with Gasteiger partial charge in [-0.3, -0.25) is 0 Å². The summed E-state index contributed by atoms with van der Waals surface area (Å²) in [5, 5.41) is 4.48. The predicted octanol–water partition coefficient (Wildman–Crippen LogP) is 4.19. The lowest BCUT2D eigenvalue weighted by Gasteiger charge is -2.15. The molecule has 0 atom stereocenters. The number of methoxy groups -OCH3 is 3. The second-order valence-corrected chi connectivity index (χ2v) is 5.53. The molecule has 2 rings (SSSR count). The largest absolute Gasteiger partial charge is 0.493 e. The molecule has 0 aliphatic carbocycles. The first-order valence-corrected chi connectivity index (χ1v) is 7.90. The van der Waals surface area contributed by atoms with Gasteiger partial charge in [-0.25, -0.2) is 9.18 Å². The van der Waals surface area contributed by atoms with E-state index in [1.54, 1.807) is 12.1 Å². The van der Waals surface area contributed by atoms with E-state index in [2.05, 4.69) is 10.6 Å². The van der Waals surface area contributed by atoms with E-state index in [0.29, 0.717) is 41.0 Å². The number of halogens is 4. The summed E-state index contributed by atoms with van der Waals surface area (Å²) in [5.74, 6) is 0.103. The lowest BCUT2D eigenvalue weighted by molar-refractivity contribution is -0.137. The highest BCUT2D eigenvalue weighted by Crippen LogP contribution is 2.38. The first-order valence-electron chi connectivity index (χ1n) is 7.90. The highest BCUT2D eigenvalue weighted by atomic mass is 19.4. The van der Waals surface area contributed by atoms with Crippen molar-refractivity contribution >= 4 is 11.7 Å². The maximum Gasteiger partial charge on any atom is 0.416 e. The van der Waals surface area contributed by atoms with Gasteiger partial charge in [0.2, 0.25) is 5.75 Å². The molecule has 0 fully saturated rings. The second-order valence-electron chi connectivity index (χ2n) is 5.53. The van der Waals surface area contributed by atoms with E-state index in [1.165, 1.54) is 21.3 Å². The van der Waals surface area contributed by atoms with Gasteiger partial charge < -0.3 is 24.8 Å². The van der Waals surface area contributed by atoms with E-state index in [9.17, 15) is 22.4 Å². The summed E-state index contributed by atoms with van der Waals surface area (Å²) >= 11 is 0. The lowest BCUT2D eigenvalue weighted by Crippen LogP contribution is -2.28. The molecule has 2 amide bonds. The van der Waals surface area contributed by atoms with Crippen LogP contribution in [0.5, 0.6) is 17.2 Å². The Morgan fingerprint density at radius 3 is 2.11 bits per heavy atom. The average molecular weight is 402 g/mol. The predicted molar refractivity (Wildman–Crippen MR) is 93.4 cm³/mol. The van der Waals surface area contributed by atoms with Gasteiger partial charge in [-0.1, -0.05) is 0 Å². The minimum Gasteiger partial charge on any atom is -0.493 e. The van der Waals surface area contributed by atoms with E-state index in [1.807, 2.05) is 0 Å². The molecule has 2 aromatic carbocycles. The fourth-order valence-corrected chi connectivity index (χ4v) is 2.38. The summed E-state index contributed by atoms with van der Waals surface area (Å²) in [5.41, 5.74) is -1.10. The standard InChI is InChI=1S/C18H18F4N2O4/c1-26-14-6-10(7-15(27-2)16(14)28-3)9-23-17(25)24-13-8-11(18(20,21)22)4-5-12(13)19/h4-8H,9H2,1-3H3,(H2,23,24,25). The first kappa shape index (κ1) is 21.1. The molecule has 28 heavy (non-hydrogen) atoms. The summed E-state index contributed by atoms with van der Waals surface area (Å²) in [7, 11) is 4.30. The molecule has 0 bridgehead atoms. The number of rotatable bonds is 6. The Bertz CT molecular complexity index is 831. The van der Waals surface area contributed by atoms with E-state index < -0.39 is 29.3 Å². The quantitative estimate of drug-likeness (QED) is 0.711. The minimum atomic E-state index is -4.66. The van der Waals surface area contributed by atoms with Crippen molar-refractivity contribution < 1.29 is 36.6 Å². The molecule has 2 N–H and O–H groups in total. The highest BCUT2D eigenvalue weighted by molar-refractivity contribution is 5.89. The summed E-state index contributed by atoms with van der Waals surface area (Å²) < 4.78 is 67.5. The van der Waals surface area contributed by atoms with Gasteiger partial charge >= 0.3 is 12.2 Å². The van der Waals surface area contributed by atoms with Gasteiger partial charge in [0.25, 0.3) is 0 Å². The Kier molecular flexibility index (Phi) is 6.55. The summed E-state index contributed by atoms with van der Waals surface area (Å²) in [6.07, 6.45) is -4.66. The third kappa shape index (κ3) is 4.96. The molecular weight excluding hydrogens is 384 g/mol. The van der Waals surface area contributed by atoms with Gasteiger partial charge in [0.15, 0.2) is 11.5 Å². The van der Waals surface area contributed by atoms with Crippen LogP contribution >= 0.6 is 0 Å². The van der Waals surface area contributed by atoms with E-state index >= 15 is 0 Å². The van der Waals surface area contributed by atoms with Crippen LogP contribution in [0.25, 0.3) is 0 Å². The Morgan fingerprint density at radius 2 is 1.61 bits per heavy atom. The zero-order valence-electron chi connectivity index (χ0n) is 15.2. The fraction of sp³-hybridized carbons (Fsp3) is 0.278. The summed E-state index contributed by atoms with van der Waals surface area (Å²) in [6, 6.07) is 4.05. The number of alkyl halides is 3. The Labute approximate surface area is 158 Å². The van der Waals surface area contributed by atoms with Crippen LogP contribution in [-0.2, 0) is 12.7 Å². The number of anilines is 1. The van der Waals surface area contributed by atoms with Crippen LogP contribution in [0.1, 0.15) is 11.1 Å². The van der Waals surface area contributed by atoms with Crippen molar-refractivity contribution in [3.8, 4) is 17.2 Å². The number of urea groups is 1. The van der Waals surface area contributed by atoms with Gasteiger partial charge in [-0.2, -0.15) is 13.2 Å². The monoisotopic (exact) mass is 402 g/mol. The molecule has 0 aromatic heterocycles. The van der Waals surface area contributed by atoms with Crippen LogP contribution in [0.15, 0.2) is 30.3 Å². The smallest absolute Gasteiger partial charge is 0.416 e. The number of ether oxygens (including phenoxy) is 3. The van der Waals surface area contributed by atoms with Crippen LogP contribution < -0.4 is 24.8 Å². The topological polar surface area (TPSA) is 68.8 Å². The van der Waals surface area contributed by atoms with Gasteiger partial charge in [0.1, 0.15) is 5.82 Å². The van der Waals surface area contributed by atoms with E-state index in [4.69, 9.17) is 14.2 Å². The van der Waals surface area contributed by atoms with Crippen LogP contribution in [0.4, 0.5) is 28.0 Å². The highest BCUT2D eigenvalue weighted by Gasteiger charge is 2.31. The summed E-state index contributed by atoms with van der Waals surface area (Å²) in [6.45, 7) is -0.0247. The van der Waals surface area contributed by atoms with Crippen molar-refractivity contribution in [1.82, 2.24) is 5.32 Å². The number of amides is 2. The third-order valence-electron chi connectivity index (χ3n) is 3.72. The summed E-state index contributed by atoms with van der Waals surface area (Å²) in [4.78, 5) is 12.0. The van der Waals surface area contributed by atoms with E-state index in [0.717, 1.165) is 0 Å². The number of hydrogen-bond donors (Lipinski definition) is 2. The van der Waals surface area contributed by atoms with E-state index in [-0.39, 0.29) is 6.54 Å². The normalized spacial score (nSPS) is 11.0. The van der Waals surface area contributed by atoms with Crippen molar-refractivity contribution in [3.05, 3.63) is 47.3 Å². The molecule has 10 heteroatoms. The average Bonchev–Trinajstić information content (AvgIpc) is 2.66. The molecule has 0 aliphatic heterocycles. The Hall–Kier alpha value is -3.17. The van der Waals surface area contributed by atoms with Gasteiger partial charge in [-0.05, 0) is 35.9 Å². The zero-order chi connectivity index (χ0) is 20.9. The van der Waals surface area contributed by atoms with Crippen molar-refractivity contribution in [2.75, 3.05) is 26.6 Å². The van der Waals surface area contributed by atoms with Crippen LogP contribution in [0.2, 0.25) is 0 Å². The molecule has 152 valence electrons. The van der Waals surface area contributed by atoms with Crippen LogP contribution in [0.3, 0.4) is 0 Å². The number of benzene rings is 2. The van der Waals surface area contributed by atoms with Gasteiger partial charge in [-0.15, -0.1) is 0 Å². The first-order chi connectivity index (χ1) is 13.2. The molecule has 0 radical (unpaired) electrons. The maximum atomic E-state index is 13.7. The maximum absolute atomic E-state index is 13.7. The number of nitrogens with one attached hydrogen (secondary N) is 2. The molecule has 0 saturated heterocycles. The third-order valence-corrected chi connectivity index (χ3v) is 3.72. The van der Waals surface area contributed by atoms with Crippen molar-refractivity contribution in [1.29, 1.82) is 0 Å². The Balaban J connectivity index is 2.11. The second kappa shape index (κ2) is 8.68. The number of carbonyl (C=O) groups excluding carboxylic acids is 1. The zero-order valence-corrected chi connectivity index (χ0v) is 15.2. The Morgan fingerprint density at radius 1 is 1.00 bits per heavy atom. The van der Waals surface area contributed by atoms with Crippen molar-refractivity contribution in [2.24, 2.45) is 0 Å². The lowest BCUT2D eigenvalue weighted by atomic mass is 10.1. The molecule has 6 nitrogen and oxygen atoms in total. The number of hydrogen-bond acceptors (Lipinski definition) is 4. The van der Waals surface area contributed by atoms with Crippen LogP contribution in [-0.4, -0.2) is 27.4 Å². The molecule has 0 aliphatic rings. The van der Waals surface area contributed by atoms with Crippen LogP contribution in [0, 0.1) is 5.82 Å². The van der Waals surface area contributed by atoms with Crippen molar-refractivity contribution in [3.63, 3.8) is 0 Å².